The van der Waals surface area contributed by atoms with Gasteiger partial charge in [0.15, 0.2) is 0 Å². The number of ether oxygens (including phenoxy) is 1. The number of hydrogen-bond donors (Lipinski definition) is 3. The van der Waals surface area contributed by atoms with Gasteiger partial charge in [-0.25, -0.2) is 9.78 Å². The number of aromatic nitrogens is 1. The summed E-state index contributed by atoms with van der Waals surface area (Å²) in [6.07, 6.45) is 1.60. The fourth-order valence-electron chi connectivity index (χ4n) is 2.40. The summed E-state index contributed by atoms with van der Waals surface area (Å²) < 4.78 is 5.39. The third kappa shape index (κ3) is 6.88. The zero-order valence-electron chi connectivity index (χ0n) is 16.5. The van der Waals surface area contributed by atoms with E-state index in [4.69, 9.17) is 4.74 Å². The largest absolute Gasteiger partial charge is 0.476 e. The van der Waals surface area contributed by atoms with Crippen LogP contribution in [0, 0.1) is 0 Å². The normalized spacial score (nSPS) is 10.4. The number of likely N-dealkylation sites (N-methyl/N-ethyl adjacent to an activating group) is 1. The molecule has 0 saturated carbocycles. The number of amides is 3. The van der Waals surface area contributed by atoms with Crippen molar-refractivity contribution in [3.63, 3.8) is 0 Å². The van der Waals surface area contributed by atoms with Crippen LogP contribution >= 0.6 is 0 Å². The number of rotatable bonds is 9. The van der Waals surface area contributed by atoms with E-state index >= 15 is 0 Å². The molecule has 3 N–H and O–H groups in total. The predicted octanol–water partition coefficient (Wildman–Crippen LogP) is 2.09. The first kappa shape index (κ1) is 21.2. The summed E-state index contributed by atoms with van der Waals surface area (Å²) >= 11 is 0. The molecule has 8 nitrogen and oxygen atoms in total. The lowest BCUT2D eigenvalue weighted by Crippen LogP contribution is -2.31. The highest BCUT2D eigenvalue weighted by atomic mass is 16.5. The molecular weight excluding hydrogens is 358 g/mol. The van der Waals surface area contributed by atoms with Gasteiger partial charge in [0, 0.05) is 31.4 Å². The van der Waals surface area contributed by atoms with Crippen LogP contribution < -0.4 is 20.7 Å². The molecule has 0 atom stereocenters. The maximum Gasteiger partial charge on any atom is 0.319 e. The Morgan fingerprint density at radius 1 is 1.14 bits per heavy atom. The lowest BCUT2D eigenvalue weighted by molar-refractivity contribution is 0.0951. The van der Waals surface area contributed by atoms with E-state index < -0.39 is 0 Å². The molecule has 2 rings (SSSR count). The van der Waals surface area contributed by atoms with E-state index in [-0.39, 0.29) is 18.5 Å². The first-order valence-corrected chi connectivity index (χ1v) is 9.14. The number of carbonyl (C=O) groups is 2. The standard InChI is InChI=1S/C20H27N5O3/c1-4-28-19-17(9-6-10-22-19)24-20(27)23-14-15-7-5-8-16(13-15)18(26)21-11-12-25(2)3/h5-10,13H,4,11-12,14H2,1-3H3,(H,21,26)(H2,23,24,27). The maximum atomic E-state index is 12.2. The quantitative estimate of drug-likeness (QED) is 0.614. The molecule has 0 aliphatic rings. The molecule has 1 aromatic heterocycles. The Balaban J connectivity index is 1.89. The summed E-state index contributed by atoms with van der Waals surface area (Å²) in [5.41, 5.74) is 1.88. The number of pyridine rings is 1. The van der Waals surface area contributed by atoms with Crippen LogP contribution in [-0.2, 0) is 6.54 Å². The molecule has 0 radical (unpaired) electrons. The third-order valence-corrected chi connectivity index (χ3v) is 3.79. The second kappa shape index (κ2) is 10.9. The molecule has 0 saturated heterocycles. The van der Waals surface area contributed by atoms with Gasteiger partial charge in [0.05, 0.1) is 6.61 Å². The van der Waals surface area contributed by atoms with Crippen molar-refractivity contribution in [1.29, 1.82) is 0 Å². The highest BCUT2D eigenvalue weighted by Gasteiger charge is 2.09. The molecule has 0 aliphatic heterocycles. The van der Waals surface area contributed by atoms with E-state index in [1.54, 1.807) is 36.5 Å². The third-order valence-electron chi connectivity index (χ3n) is 3.79. The fraction of sp³-hybridized carbons (Fsp3) is 0.350. The Morgan fingerprint density at radius 2 is 1.96 bits per heavy atom. The number of urea groups is 1. The first-order valence-electron chi connectivity index (χ1n) is 9.14. The molecule has 0 bridgehead atoms. The fourth-order valence-corrected chi connectivity index (χ4v) is 2.40. The van der Waals surface area contributed by atoms with Crippen molar-refractivity contribution in [1.82, 2.24) is 20.5 Å². The Morgan fingerprint density at radius 3 is 2.71 bits per heavy atom. The van der Waals surface area contributed by atoms with Crippen LogP contribution in [0.25, 0.3) is 0 Å². The zero-order chi connectivity index (χ0) is 20.4. The minimum absolute atomic E-state index is 0.134. The van der Waals surface area contributed by atoms with Crippen LogP contribution in [0.1, 0.15) is 22.8 Å². The van der Waals surface area contributed by atoms with Gasteiger partial charge >= 0.3 is 6.03 Å². The van der Waals surface area contributed by atoms with Crippen LogP contribution in [0.2, 0.25) is 0 Å². The first-order chi connectivity index (χ1) is 13.5. The van der Waals surface area contributed by atoms with Crippen LogP contribution in [0.5, 0.6) is 5.88 Å². The minimum atomic E-state index is -0.380. The molecule has 150 valence electrons. The highest BCUT2D eigenvalue weighted by Crippen LogP contribution is 2.20. The summed E-state index contributed by atoms with van der Waals surface area (Å²) in [5.74, 6) is 0.237. The summed E-state index contributed by atoms with van der Waals surface area (Å²) in [6, 6.07) is 10.2. The molecule has 0 aliphatic carbocycles. The monoisotopic (exact) mass is 385 g/mol. The van der Waals surface area contributed by atoms with Gasteiger partial charge in [0.25, 0.3) is 5.91 Å². The van der Waals surface area contributed by atoms with Crippen LogP contribution in [0.15, 0.2) is 42.6 Å². The molecule has 1 aromatic carbocycles. The van der Waals surface area contributed by atoms with E-state index in [2.05, 4.69) is 20.9 Å². The van der Waals surface area contributed by atoms with Crippen LogP contribution in [-0.4, -0.2) is 55.6 Å². The van der Waals surface area contributed by atoms with Crippen molar-refractivity contribution >= 4 is 17.6 Å². The molecule has 3 amide bonds. The van der Waals surface area contributed by atoms with Gasteiger partial charge in [0.1, 0.15) is 5.69 Å². The van der Waals surface area contributed by atoms with Crippen molar-refractivity contribution < 1.29 is 14.3 Å². The van der Waals surface area contributed by atoms with Crippen molar-refractivity contribution in [2.24, 2.45) is 0 Å². The average molecular weight is 385 g/mol. The second-order valence-electron chi connectivity index (χ2n) is 6.36. The average Bonchev–Trinajstić information content (AvgIpc) is 2.68. The van der Waals surface area contributed by atoms with Gasteiger partial charge < -0.3 is 25.6 Å². The molecule has 0 unspecified atom stereocenters. The second-order valence-corrected chi connectivity index (χ2v) is 6.36. The van der Waals surface area contributed by atoms with Crippen LogP contribution in [0.3, 0.4) is 0 Å². The van der Waals surface area contributed by atoms with Crippen molar-refractivity contribution in [3.8, 4) is 5.88 Å². The summed E-state index contributed by atoms with van der Waals surface area (Å²) in [6.45, 7) is 3.93. The Hall–Kier alpha value is -3.13. The van der Waals surface area contributed by atoms with Gasteiger partial charge in [-0.2, -0.15) is 0 Å². The number of anilines is 1. The van der Waals surface area contributed by atoms with E-state index in [1.807, 2.05) is 32.0 Å². The van der Waals surface area contributed by atoms with Crippen molar-refractivity contribution in [3.05, 3.63) is 53.7 Å². The molecule has 2 aromatic rings. The van der Waals surface area contributed by atoms with Gasteiger partial charge in [-0.05, 0) is 50.8 Å². The summed E-state index contributed by atoms with van der Waals surface area (Å²) in [7, 11) is 3.90. The number of hydrogen-bond acceptors (Lipinski definition) is 5. The number of nitrogens with zero attached hydrogens (tertiary/aromatic N) is 2. The van der Waals surface area contributed by atoms with Gasteiger partial charge in [-0.15, -0.1) is 0 Å². The molecular formula is C20H27N5O3. The molecule has 8 heteroatoms. The maximum absolute atomic E-state index is 12.2. The summed E-state index contributed by atoms with van der Waals surface area (Å²) in [4.78, 5) is 30.5. The van der Waals surface area contributed by atoms with E-state index in [1.165, 1.54) is 0 Å². The number of carbonyl (C=O) groups excluding carboxylic acids is 2. The zero-order valence-corrected chi connectivity index (χ0v) is 16.5. The van der Waals surface area contributed by atoms with Gasteiger partial charge in [-0.1, -0.05) is 12.1 Å². The van der Waals surface area contributed by atoms with Gasteiger partial charge in [-0.3, -0.25) is 4.79 Å². The lowest BCUT2D eigenvalue weighted by Gasteiger charge is -2.12. The van der Waals surface area contributed by atoms with E-state index in [9.17, 15) is 9.59 Å². The minimum Gasteiger partial charge on any atom is -0.476 e. The summed E-state index contributed by atoms with van der Waals surface area (Å²) in [5, 5.41) is 8.36. The smallest absolute Gasteiger partial charge is 0.319 e. The Bertz CT molecular complexity index is 795. The Labute approximate surface area is 165 Å². The molecule has 1 heterocycles. The highest BCUT2D eigenvalue weighted by molar-refractivity contribution is 5.94. The lowest BCUT2D eigenvalue weighted by atomic mass is 10.1. The topological polar surface area (TPSA) is 95.6 Å². The number of benzene rings is 1. The van der Waals surface area contributed by atoms with Crippen LogP contribution in [0.4, 0.5) is 10.5 Å². The van der Waals surface area contributed by atoms with Crippen molar-refractivity contribution in [2.45, 2.75) is 13.5 Å². The predicted molar refractivity (Wildman–Crippen MR) is 109 cm³/mol. The van der Waals surface area contributed by atoms with Crippen molar-refractivity contribution in [2.75, 3.05) is 39.1 Å². The SMILES string of the molecule is CCOc1ncccc1NC(=O)NCc1cccc(C(=O)NCCN(C)C)c1. The molecule has 28 heavy (non-hydrogen) atoms. The van der Waals surface area contributed by atoms with E-state index in [0.717, 1.165) is 12.1 Å². The molecule has 0 fully saturated rings. The molecule has 0 spiro atoms. The number of nitrogens with one attached hydrogen (secondary N) is 3. The Kier molecular flexibility index (Phi) is 8.23. The van der Waals surface area contributed by atoms with Gasteiger partial charge in [0.2, 0.25) is 5.88 Å². The van der Waals surface area contributed by atoms with E-state index in [0.29, 0.717) is 30.3 Å².